The fourth-order valence-electron chi connectivity index (χ4n) is 0.983. The minimum atomic E-state index is -0.0381. The van der Waals surface area contributed by atoms with Crippen molar-refractivity contribution >= 4 is 11.5 Å². The van der Waals surface area contributed by atoms with Crippen LogP contribution in [0.4, 0.5) is 5.69 Å². The summed E-state index contributed by atoms with van der Waals surface area (Å²) < 4.78 is 10.3. The van der Waals surface area contributed by atoms with Gasteiger partial charge < -0.3 is 15.2 Å². The predicted octanol–water partition coefficient (Wildman–Crippen LogP) is 1.25. The number of methoxy groups -OCH3 is 1. The molecule has 0 radical (unpaired) electrons. The SMILES string of the molecule is COc1cc(N)ccc1OCC(C)=O. The highest BCUT2D eigenvalue weighted by molar-refractivity contribution is 5.77. The summed E-state index contributed by atoms with van der Waals surface area (Å²) in [7, 11) is 1.52. The van der Waals surface area contributed by atoms with E-state index in [1.165, 1.54) is 14.0 Å². The molecule has 4 nitrogen and oxygen atoms in total. The van der Waals surface area contributed by atoms with Crippen molar-refractivity contribution < 1.29 is 14.3 Å². The zero-order valence-electron chi connectivity index (χ0n) is 8.24. The number of benzene rings is 1. The van der Waals surface area contributed by atoms with Gasteiger partial charge in [-0.2, -0.15) is 0 Å². The average Bonchev–Trinajstić information content (AvgIpc) is 2.15. The fourth-order valence-corrected chi connectivity index (χ4v) is 0.983. The van der Waals surface area contributed by atoms with Gasteiger partial charge in [-0.3, -0.25) is 4.79 Å². The number of carbonyl (C=O) groups excluding carboxylic acids is 1. The van der Waals surface area contributed by atoms with Crippen molar-refractivity contribution in [3.63, 3.8) is 0 Å². The normalized spacial score (nSPS) is 9.57. The maximum atomic E-state index is 10.7. The molecule has 0 aromatic heterocycles. The quantitative estimate of drug-likeness (QED) is 0.734. The van der Waals surface area contributed by atoms with Gasteiger partial charge in [-0.15, -0.1) is 0 Å². The summed E-state index contributed by atoms with van der Waals surface area (Å²) in [6, 6.07) is 5.02. The lowest BCUT2D eigenvalue weighted by atomic mass is 10.3. The van der Waals surface area contributed by atoms with Crippen molar-refractivity contribution in [2.24, 2.45) is 0 Å². The van der Waals surface area contributed by atoms with E-state index in [4.69, 9.17) is 15.2 Å². The Bertz CT molecular complexity index is 336. The third kappa shape index (κ3) is 2.65. The minimum Gasteiger partial charge on any atom is -0.493 e. The van der Waals surface area contributed by atoms with Gasteiger partial charge in [0.2, 0.25) is 0 Å². The van der Waals surface area contributed by atoms with Crippen LogP contribution in [0.25, 0.3) is 0 Å². The van der Waals surface area contributed by atoms with Crippen LogP contribution >= 0.6 is 0 Å². The molecule has 0 unspecified atom stereocenters. The van der Waals surface area contributed by atoms with E-state index in [1.54, 1.807) is 18.2 Å². The van der Waals surface area contributed by atoms with Crippen LogP contribution in [-0.4, -0.2) is 19.5 Å². The third-order valence-electron chi connectivity index (χ3n) is 1.62. The molecule has 0 aliphatic heterocycles. The number of anilines is 1. The number of rotatable bonds is 4. The van der Waals surface area contributed by atoms with Gasteiger partial charge in [0.1, 0.15) is 6.61 Å². The molecule has 2 N–H and O–H groups in total. The summed E-state index contributed by atoms with van der Waals surface area (Å²) in [6.07, 6.45) is 0. The van der Waals surface area contributed by atoms with Crippen LogP contribution in [0, 0.1) is 0 Å². The Balaban J connectivity index is 2.80. The Hall–Kier alpha value is -1.71. The molecule has 0 spiro atoms. The van der Waals surface area contributed by atoms with Gasteiger partial charge in [-0.1, -0.05) is 0 Å². The molecule has 0 saturated heterocycles. The molecule has 1 aromatic carbocycles. The molecule has 0 amide bonds. The summed E-state index contributed by atoms with van der Waals surface area (Å²) in [4.78, 5) is 10.7. The number of nitrogens with two attached hydrogens (primary N) is 1. The topological polar surface area (TPSA) is 61.6 Å². The number of nitrogen functional groups attached to an aromatic ring is 1. The smallest absolute Gasteiger partial charge is 0.167 e. The zero-order valence-corrected chi connectivity index (χ0v) is 8.24. The zero-order chi connectivity index (χ0) is 10.6. The molecule has 1 aromatic rings. The molecule has 0 fully saturated rings. The van der Waals surface area contributed by atoms with Gasteiger partial charge in [-0.05, 0) is 19.1 Å². The predicted molar refractivity (Wildman–Crippen MR) is 53.6 cm³/mol. The Morgan fingerprint density at radius 2 is 2.14 bits per heavy atom. The van der Waals surface area contributed by atoms with Crippen molar-refractivity contribution in [1.29, 1.82) is 0 Å². The molecule has 14 heavy (non-hydrogen) atoms. The van der Waals surface area contributed by atoms with E-state index >= 15 is 0 Å². The molecular weight excluding hydrogens is 182 g/mol. The number of hydrogen-bond acceptors (Lipinski definition) is 4. The molecule has 0 aliphatic rings. The summed E-state index contributed by atoms with van der Waals surface area (Å²) >= 11 is 0. The monoisotopic (exact) mass is 195 g/mol. The van der Waals surface area contributed by atoms with E-state index in [0.29, 0.717) is 17.2 Å². The van der Waals surface area contributed by atoms with Crippen LogP contribution in [0.3, 0.4) is 0 Å². The summed E-state index contributed by atoms with van der Waals surface area (Å²) in [6.45, 7) is 1.50. The van der Waals surface area contributed by atoms with E-state index in [0.717, 1.165) is 0 Å². The number of carbonyl (C=O) groups is 1. The summed E-state index contributed by atoms with van der Waals surface area (Å²) in [5.41, 5.74) is 6.15. The van der Waals surface area contributed by atoms with Gasteiger partial charge in [0.15, 0.2) is 17.3 Å². The first kappa shape index (κ1) is 10.4. The second-order valence-corrected chi connectivity index (χ2v) is 2.90. The first-order valence-corrected chi connectivity index (χ1v) is 4.19. The van der Waals surface area contributed by atoms with Gasteiger partial charge in [-0.25, -0.2) is 0 Å². The lowest BCUT2D eigenvalue weighted by Gasteiger charge is -2.09. The molecule has 76 valence electrons. The molecule has 0 heterocycles. The number of ketones is 1. The summed E-state index contributed by atoms with van der Waals surface area (Å²) in [5.74, 6) is 1.02. The van der Waals surface area contributed by atoms with E-state index in [2.05, 4.69) is 0 Å². The highest BCUT2D eigenvalue weighted by Gasteiger charge is 2.05. The number of Topliss-reactive ketones (excluding diaryl/α,β-unsaturated/α-hetero) is 1. The van der Waals surface area contributed by atoms with Gasteiger partial charge >= 0.3 is 0 Å². The Labute approximate surface area is 82.6 Å². The van der Waals surface area contributed by atoms with Crippen molar-refractivity contribution in [3.8, 4) is 11.5 Å². The molecule has 0 saturated carbocycles. The van der Waals surface area contributed by atoms with Crippen LogP contribution in [-0.2, 0) is 4.79 Å². The van der Waals surface area contributed by atoms with Crippen LogP contribution in [0.2, 0.25) is 0 Å². The standard InChI is InChI=1S/C10H13NO3/c1-7(12)6-14-9-4-3-8(11)5-10(9)13-2/h3-5H,6,11H2,1-2H3. The first-order valence-electron chi connectivity index (χ1n) is 4.19. The maximum absolute atomic E-state index is 10.7. The second-order valence-electron chi connectivity index (χ2n) is 2.90. The van der Waals surface area contributed by atoms with E-state index in [9.17, 15) is 4.79 Å². The van der Waals surface area contributed by atoms with Gasteiger partial charge in [0.05, 0.1) is 7.11 Å². The molecular formula is C10H13NO3. The van der Waals surface area contributed by atoms with E-state index < -0.39 is 0 Å². The second kappa shape index (κ2) is 4.50. The third-order valence-corrected chi connectivity index (χ3v) is 1.62. The van der Waals surface area contributed by atoms with Gasteiger partial charge in [0, 0.05) is 11.8 Å². The lowest BCUT2D eigenvalue weighted by Crippen LogP contribution is -2.07. The number of hydrogen-bond donors (Lipinski definition) is 1. The van der Waals surface area contributed by atoms with Crippen molar-refractivity contribution in [1.82, 2.24) is 0 Å². The molecule has 0 bridgehead atoms. The van der Waals surface area contributed by atoms with Crippen LogP contribution in [0.15, 0.2) is 18.2 Å². The Morgan fingerprint density at radius 1 is 1.43 bits per heavy atom. The van der Waals surface area contributed by atoms with E-state index in [1.807, 2.05) is 0 Å². The van der Waals surface area contributed by atoms with Gasteiger partial charge in [0.25, 0.3) is 0 Å². The lowest BCUT2D eigenvalue weighted by molar-refractivity contribution is -0.118. The highest BCUT2D eigenvalue weighted by Crippen LogP contribution is 2.28. The van der Waals surface area contributed by atoms with Crippen LogP contribution in [0.5, 0.6) is 11.5 Å². The number of ether oxygens (including phenoxy) is 2. The largest absolute Gasteiger partial charge is 0.493 e. The molecule has 0 aliphatic carbocycles. The van der Waals surface area contributed by atoms with Crippen molar-refractivity contribution in [2.45, 2.75) is 6.92 Å². The van der Waals surface area contributed by atoms with Crippen LogP contribution < -0.4 is 15.2 Å². The average molecular weight is 195 g/mol. The minimum absolute atomic E-state index is 0.0381. The fraction of sp³-hybridized carbons (Fsp3) is 0.300. The molecule has 1 rings (SSSR count). The van der Waals surface area contributed by atoms with Crippen LogP contribution in [0.1, 0.15) is 6.92 Å². The Kier molecular flexibility index (Phi) is 3.34. The van der Waals surface area contributed by atoms with Crippen molar-refractivity contribution in [3.05, 3.63) is 18.2 Å². The Morgan fingerprint density at radius 3 is 2.71 bits per heavy atom. The summed E-state index contributed by atoms with van der Waals surface area (Å²) in [5, 5.41) is 0. The first-order chi connectivity index (χ1) is 6.63. The molecule has 0 atom stereocenters. The highest BCUT2D eigenvalue weighted by atomic mass is 16.5. The maximum Gasteiger partial charge on any atom is 0.167 e. The molecule has 4 heteroatoms. The van der Waals surface area contributed by atoms with E-state index in [-0.39, 0.29) is 12.4 Å². The van der Waals surface area contributed by atoms with Crippen molar-refractivity contribution in [2.75, 3.05) is 19.5 Å².